The molecule has 238 valence electrons. The second-order valence-corrected chi connectivity index (χ2v) is 9.75. The van der Waals surface area contributed by atoms with Crippen LogP contribution in [-0.4, -0.2) is 62.3 Å². The maximum atomic E-state index is 10.6. The molecule has 44 heavy (non-hydrogen) atoms. The van der Waals surface area contributed by atoms with Gasteiger partial charge in [-0.05, 0) is 74.6 Å². The molecule has 0 aliphatic rings. The SMILES string of the molecule is Cc1cc(C)c(C[C@H](N)COc2cncc(-c3ccc4n[nH]c(C)c4c3)c2)c(C)c1.O=C(O)C(F)(F)F.O=C(O)C(F)(F)F. The monoisotopic (exact) mass is 628 g/mol. The fraction of sp³-hybridized carbons (Fsp3) is 0.310. The van der Waals surface area contributed by atoms with Crippen molar-refractivity contribution in [2.24, 2.45) is 5.73 Å². The molecule has 4 rings (SSSR count). The minimum Gasteiger partial charge on any atom is -0.490 e. The molecule has 15 heteroatoms. The fourth-order valence-electron chi connectivity index (χ4n) is 4.03. The first-order valence-corrected chi connectivity index (χ1v) is 12.7. The molecule has 4 aromatic rings. The summed E-state index contributed by atoms with van der Waals surface area (Å²) in [5.74, 6) is -4.79. The van der Waals surface area contributed by atoms with Crippen molar-refractivity contribution in [2.45, 2.75) is 52.5 Å². The number of aryl methyl sites for hydroxylation is 4. The number of hydrogen-bond donors (Lipinski definition) is 4. The van der Waals surface area contributed by atoms with Gasteiger partial charge in [0.05, 0.1) is 11.7 Å². The van der Waals surface area contributed by atoms with Crippen LogP contribution in [0.1, 0.15) is 27.9 Å². The number of nitrogens with two attached hydrogens (primary N) is 1. The Labute approximate surface area is 247 Å². The number of rotatable bonds is 6. The maximum absolute atomic E-state index is 10.6. The standard InChI is InChI=1S/C25H28N4O.2C2HF3O2/c1-15-7-16(2)23(17(3)8-15)11-21(26)14-30-22-9-20(12-27-13-22)19-5-6-25-24(10-19)18(4)28-29-25;2*3-2(4,5)1(6)7/h5-10,12-13,21H,11,14,26H2,1-4H3,(H,28,29);2*(H,6,7)/t21-;;/m0../s1. The molecule has 2 heterocycles. The number of carbonyl (C=O) groups is 2. The van der Waals surface area contributed by atoms with Crippen LogP contribution in [-0.2, 0) is 16.0 Å². The van der Waals surface area contributed by atoms with Crippen LogP contribution in [0.3, 0.4) is 0 Å². The Balaban J connectivity index is 0.000000402. The molecule has 0 unspecified atom stereocenters. The number of nitrogens with zero attached hydrogens (tertiary/aromatic N) is 2. The Morgan fingerprint density at radius 1 is 0.886 bits per heavy atom. The smallest absolute Gasteiger partial charge is 0.490 e. The minimum atomic E-state index is -5.08. The van der Waals surface area contributed by atoms with Crippen LogP contribution in [0.5, 0.6) is 5.75 Å². The van der Waals surface area contributed by atoms with Gasteiger partial charge in [0.2, 0.25) is 0 Å². The van der Waals surface area contributed by atoms with E-state index in [9.17, 15) is 26.3 Å². The van der Waals surface area contributed by atoms with Crippen LogP contribution in [0.2, 0.25) is 0 Å². The number of aromatic nitrogens is 3. The largest absolute Gasteiger partial charge is 0.490 e. The second kappa shape index (κ2) is 14.7. The first-order chi connectivity index (χ1) is 20.3. The molecule has 2 aromatic heterocycles. The van der Waals surface area contributed by atoms with Crippen molar-refractivity contribution < 1.29 is 50.9 Å². The number of benzene rings is 2. The predicted molar refractivity (Wildman–Crippen MR) is 149 cm³/mol. The van der Waals surface area contributed by atoms with Gasteiger partial charge in [0.15, 0.2) is 0 Å². The lowest BCUT2D eigenvalue weighted by atomic mass is 9.95. The van der Waals surface area contributed by atoms with Crippen LogP contribution < -0.4 is 10.5 Å². The van der Waals surface area contributed by atoms with Crippen LogP contribution in [0.25, 0.3) is 22.0 Å². The molecule has 0 fully saturated rings. The first-order valence-electron chi connectivity index (χ1n) is 12.7. The minimum absolute atomic E-state index is 0.0845. The van der Waals surface area contributed by atoms with Gasteiger partial charge in [-0.2, -0.15) is 31.4 Å². The maximum Gasteiger partial charge on any atom is 0.490 e. The Hall–Kier alpha value is -4.66. The molecule has 0 bridgehead atoms. The first kappa shape index (κ1) is 35.5. The van der Waals surface area contributed by atoms with E-state index in [1.54, 1.807) is 6.20 Å². The molecule has 0 amide bonds. The summed E-state index contributed by atoms with van der Waals surface area (Å²) in [5, 5.41) is 22.7. The van der Waals surface area contributed by atoms with Gasteiger partial charge in [0.1, 0.15) is 12.4 Å². The molecule has 0 aliphatic heterocycles. The second-order valence-electron chi connectivity index (χ2n) is 9.75. The van der Waals surface area contributed by atoms with Crippen molar-refractivity contribution in [3.8, 4) is 16.9 Å². The number of H-pyrrole nitrogens is 1. The average molecular weight is 629 g/mol. The zero-order valence-corrected chi connectivity index (χ0v) is 24.0. The van der Waals surface area contributed by atoms with E-state index in [4.69, 9.17) is 30.3 Å². The zero-order chi connectivity index (χ0) is 33.4. The number of pyridine rings is 1. The summed E-state index contributed by atoms with van der Waals surface area (Å²) in [6.45, 7) is 8.88. The molecule has 9 nitrogen and oxygen atoms in total. The van der Waals surface area contributed by atoms with Crippen LogP contribution >= 0.6 is 0 Å². The Morgan fingerprint density at radius 3 is 1.95 bits per heavy atom. The number of aromatic amines is 1. The van der Waals surface area contributed by atoms with E-state index in [1.165, 1.54) is 22.3 Å². The number of aliphatic carboxylic acids is 2. The molecule has 0 saturated heterocycles. The highest BCUT2D eigenvalue weighted by Crippen LogP contribution is 2.27. The lowest BCUT2D eigenvalue weighted by Crippen LogP contribution is -2.30. The van der Waals surface area contributed by atoms with Gasteiger partial charge in [-0.15, -0.1) is 0 Å². The molecular weight excluding hydrogens is 598 g/mol. The highest BCUT2D eigenvalue weighted by molar-refractivity contribution is 5.86. The fourth-order valence-corrected chi connectivity index (χ4v) is 4.03. The summed E-state index contributed by atoms with van der Waals surface area (Å²) >= 11 is 0. The Morgan fingerprint density at radius 2 is 1.43 bits per heavy atom. The third-order valence-electron chi connectivity index (χ3n) is 6.05. The molecule has 2 aromatic carbocycles. The van der Waals surface area contributed by atoms with E-state index in [0.29, 0.717) is 6.61 Å². The molecular formula is C29H30F6N4O5. The normalized spacial score (nSPS) is 12.0. The number of nitrogens with one attached hydrogen (secondary N) is 1. The van der Waals surface area contributed by atoms with Gasteiger partial charge in [0.25, 0.3) is 0 Å². The van der Waals surface area contributed by atoms with Gasteiger partial charge in [-0.3, -0.25) is 10.1 Å². The van der Waals surface area contributed by atoms with E-state index >= 15 is 0 Å². The van der Waals surface area contributed by atoms with Crippen LogP contribution in [0, 0.1) is 27.7 Å². The van der Waals surface area contributed by atoms with Crippen LogP contribution in [0.4, 0.5) is 26.3 Å². The number of carboxylic acid groups (broad SMARTS) is 2. The lowest BCUT2D eigenvalue weighted by Gasteiger charge is -2.17. The summed E-state index contributed by atoms with van der Waals surface area (Å²) in [6, 6.07) is 12.5. The average Bonchev–Trinajstić information content (AvgIpc) is 3.29. The number of hydrogen-bond acceptors (Lipinski definition) is 6. The summed E-state index contributed by atoms with van der Waals surface area (Å²) in [6.07, 6.45) is -5.79. The van der Waals surface area contributed by atoms with Crippen molar-refractivity contribution in [1.82, 2.24) is 15.2 Å². The molecule has 1 atom stereocenters. The molecule has 5 N–H and O–H groups in total. The highest BCUT2D eigenvalue weighted by atomic mass is 19.4. The Kier molecular flexibility index (Phi) is 11.9. The van der Waals surface area contributed by atoms with E-state index < -0.39 is 24.3 Å². The van der Waals surface area contributed by atoms with E-state index in [0.717, 1.165) is 39.9 Å². The third kappa shape index (κ3) is 10.6. The van der Waals surface area contributed by atoms with E-state index in [2.05, 4.69) is 60.2 Å². The van der Waals surface area contributed by atoms with Gasteiger partial charge in [-0.25, -0.2) is 9.59 Å². The highest BCUT2D eigenvalue weighted by Gasteiger charge is 2.38. The third-order valence-corrected chi connectivity index (χ3v) is 6.05. The van der Waals surface area contributed by atoms with Crippen molar-refractivity contribution in [1.29, 1.82) is 0 Å². The number of alkyl halides is 6. The topological polar surface area (TPSA) is 151 Å². The van der Waals surface area contributed by atoms with Gasteiger partial charge in [0, 0.05) is 28.9 Å². The van der Waals surface area contributed by atoms with Crippen molar-refractivity contribution in [3.05, 3.63) is 76.7 Å². The van der Waals surface area contributed by atoms with Crippen molar-refractivity contribution in [3.63, 3.8) is 0 Å². The summed E-state index contributed by atoms with van der Waals surface area (Å²) in [5.41, 5.74) is 15.7. The summed E-state index contributed by atoms with van der Waals surface area (Å²) < 4.78 is 69.5. The number of carboxylic acids is 2. The van der Waals surface area contributed by atoms with E-state index in [1.807, 2.05) is 25.3 Å². The zero-order valence-electron chi connectivity index (χ0n) is 24.0. The number of halogens is 6. The van der Waals surface area contributed by atoms with Gasteiger partial charge in [-0.1, -0.05) is 23.8 Å². The molecule has 0 saturated carbocycles. The lowest BCUT2D eigenvalue weighted by molar-refractivity contribution is -0.193. The van der Waals surface area contributed by atoms with Gasteiger partial charge >= 0.3 is 24.3 Å². The number of fused-ring (bicyclic) bond motifs is 1. The van der Waals surface area contributed by atoms with Crippen molar-refractivity contribution in [2.75, 3.05) is 6.61 Å². The van der Waals surface area contributed by atoms with E-state index in [-0.39, 0.29) is 6.04 Å². The summed E-state index contributed by atoms with van der Waals surface area (Å²) in [4.78, 5) is 22.2. The molecule has 0 aliphatic carbocycles. The van der Waals surface area contributed by atoms with Crippen molar-refractivity contribution >= 4 is 22.8 Å². The summed E-state index contributed by atoms with van der Waals surface area (Å²) in [7, 11) is 0. The predicted octanol–water partition coefficient (Wildman–Crippen LogP) is 6.07. The Bertz CT molecular complexity index is 1550. The van der Waals surface area contributed by atoms with Gasteiger partial charge < -0.3 is 20.7 Å². The quantitative estimate of drug-likeness (QED) is 0.188. The van der Waals surface area contributed by atoms with Crippen LogP contribution in [0.15, 0.2) is 48.8 Å². The molecule has 0 spiro atoms. The number of ether oxygens (including phenoxy) is 1. The molecule has 0 radical (unpaired) electrons.